The van der Waals surface area contributed by atoms with Crippen molar-refractivity contribution >= 4 is 27.5 Å². The Kier molecular flexibility index (Phi) is 16.6. The lowest BCUT2D eigenvalue weighted by Crippen LogP contribution is -2.61. The lowest BCUT2D eigenvalue weighted by molar-refractivity contribution is -0.177. The van der Waals surface area contributed by atoms with E-state index in [9.17, 15) is 28.2 Å². The molecule has 0 saturated heterocycles. The molecule has 7 rings (SSSR count). The van der Waals surface area contributed by atoms with Gasteiger partial charge in [0.25, 0.3) is 0 Å². The van der Waals surface area contributed by atoms with E-state index in [0.29, 0.717) is 41.7 Å². The molecule has 0 spiro atoms. The molecule has 57 heavy (non-hydrogen) atoms. The summed E-state index contributed by atoms with van der Waals surface area (Å²) in [6.45, 7) is 27.7. The first-order valence-electron chi connectivity index (χ1n) is 22.0. The summed E-state index contributed by atoms with van der Waals surface area (Å²) in [7, 11) is -3.74. The molecule has 4 fully saturated rings. The van der Waals surface area contributed by atoms with Gasteiger partial charge in [0.15, 0.2) is 0 Å². The van der Waals surface area contributed by atoms with Gasteiger partial charge in [0.05, 0.1) is 16.0 Å². The monoisotopic (exact) mass is 806 g/mol. The van der Waals surface area contributed by atoms with Crippen LogP contribution in [0.3, 0.4) is 0 Å². The van der Waals surface area contributed by atoms with Crippen LogP contribution in [0.5, 0.6) is 0 Å². The molecule has 3 N–H and O–H groups in total. The van der Waals surface area contributed by atoms with Gasteiger partial charge in [-0.3, -0.25) is 0 Å². The number of hydrogen-bond donors (Lipinski definition) is 3. The third-order valence-corrected chi connectivity index (χ3v) is 16.2. The molecule has 5 aliphatic carbocycles. The van der Waals surface area contributed by atoms with E-state index in [1.54, 1.807) is 18.2 Å². The van der Waals surface area contributed by atoms with Crippen molar-refractivity contribution in [2.45, 2.75) is 145 Å². The molecule has 0 aromatic heterocycles. The van der Waals surface area contributed by atoms with Gasteiger partial charge in [-0.15, -0.1) is 6.58 Å². The molecule has 8 heteroatoms. The first-order valence-corrected chi connectivity index (χ1v) is 23.5. The second kappa shape index (κ2) is 19.7. The largest absolute Gasteiger partial charge is 0.478 e. The molecule has 4 saturated carbocycles. The molecule has 0 amide bonds. The van der Waals surface area contributed by atoms with Crippen LogP contribution < -0.4 is 4.72 Å². The number of rotatable bonds is 7. The van der Waals surface area contributed by atoms with Crippen molar-refractivity contribution in [1.29, 1.82) is 0 Å². The number of sulfonamides is 1. The highest BCUT2D eigenvalue weighted by atomic mass is 32.2. The zero-order chi connectivity index (χ0) is 43.0. The van der Waals surface area contributed by atoms with E-state index in [0.717, 1.165) is 37.7 Å². The summed E-state index contributed by atoms with van der Waals surface area (Å²) in [6.07, 6.45) is 15.8. The quantitative estimate of drug-likeness (QED) is 0.240. The van der Waals surface area contributed by atoms with E-state index < -0.39 is 22.0 Å². The minimum absolute atomic E-state index is 0.0137. The van der Waals surface area contributed by atoms with E-state index in [-0.39, 0.29) is 32.1 Å². The maximum absolute atomic E-state index is 13.4. The van der Waals surface area contributed by atoms with Crippen LogP contribution in [-0.4, -0.2) is 37.1 Å². The third-order valence-electron chi connectivity index (χ3n) is 14.7. The topological polar surface area (TPSA) is 121 Å². The van der Waals surface area contributed by atoms with E-state index in [4.69, 9.17) is 0 Å². The van der Waals surface area contributed by atoms with Gasteiger partial charge in [-0.25, -0.2) is 22.7 Å². The van der Waals surface area contributed by atoms with Gasteiger partial charge in [-0.05, 0) is 163 Å². The number of nitrogens with one attached hydrogen (secondary N) is 1. The van der Waals surface area contributed by atoms with E-state index in [2.05, 4.69) is 45.1 Å². The molecule has 8 atom stereocenters. The van der Waals surface area contributed by atoms with Crippen LogP contribution in [0.25, 0.3) is 5.57 Å². The summed E-state index contributed by atoms with van der Waals surface area (Å²) in [5.74, 6) is 1.03. The molecule has 2 aromatic carbocycles. The Bertz CT molecular complexity index is 1800. The summed E-state index contributed by atoms with van der Waals surface area (Å²) in [5, 5.41) is 18.7. The molecule has 0 radical (unpaired) electrons. The van der Waals surface area contributed by atoms with Gasteiger partial charge < -0.3 is 10.2 Å². The summed E-state index contributed by atoms with van der Waals surface area (Å²) in [4.78, 5) is 22.9. The Balaban J connectivity index is 0.000000899. The first-order chi connectivity index (χ1) is 27.0. The SMILES string of the molecule is C=CC.CC.CC.CC.CC1(C)C(c2ccc(C(=O)O)cc2)=CCC2(C)C1CCC1(C)C3CCC4(CNS(=O)(=O)c5ccc(C(=O)O)cc5)CCC[C@@H]4C3CCC12. The molecule has 318 valence electrons. The molecular formula is C49H75NO6S. The maximum atomic E-state index is 13.4. The van der Waals surface area contributed by atoms with Crippen LogP contribution in [0.4, 0.5) is 0 Å². The Hall–Kier alpha value is -3.23. The fourth-order valence-corrected chi connectivity index (χ4v) is 13.8. The Labute approximate surface area is 346 Å². The molecule has 2 aromatic rings. The highest BCUT2D eigenvalue weighted by molar-refractivity contribution is 7.89. The summed E-state index contributed by atoms with van der Waals surface area (Å²) >= 11 is 0. The fourth-order valence-electron chi connectivity index (χ4n) is 12.7. The van der Waals surface area contributed by atoms with Crippen LogP contribution in [-0.2, 0) is 10.0 Å². The number of carboxylic acids is 2. The number of carbonyl (C=O) groups is 2. The summed E-state index contributed by atoms with van der Waals surface area (Å²) in [6, 6.07) is 12.9. The molecule has 0 bridgehead atoms. The lowest BCUT2D eigenvalue weighted by atomic mass is 9.36. The highest BCUT2D eigenvalue weighted by Crippen LogP contribution is 2.73. The van der Waals surface area contributed by atoms with E-state index in [1.165, 1.54) is 61.9 Å². The minimum Gasteiger partial charge on any atom is -0.478 e. The Morgan fingerprint density at radius 2 is 1.28 bits per heavy atom. The Morgan fingerprint density at radius 1 is 0.737 bits per heavy atom. The van der Waals surface area contributed by atoms with Crippen molar-refractivity contribution in [1.82, 2.24) is 4.72 Å². The van der Waals surface area contributed by atoms with Crippen LogP contribution in [0.1, 0.15) is 167 Å². The molecule has 0 aliphatic heterocycles. The van der Waals surface area contributed by atoms with Gasteiger partial charge in [0, 0.05) is 6.54 Å². The highest BCUT2D eigenvalue weighted by Gasteiger charge is 2.65. The number of hydrogen-bond acceptors (Lipinski definition) is 4. The fraction of sp³-hybridized carbons (Fsp3) is 0.633. The van der Waals surface area contributed by atoms with Gasteiger partial charge in [-0.1, -0.05) is 99.9 Å². The van der Waals surface area contributed by atoms with Crippen molar-refractivity contribution in [3.63, 3.8) is 0 Å². The molecule has 5 aliphatic rings. The van der Waals surface area contributed by atoms with Crippen LogP contribution >= 0.6 is 0 Å². The first kappa shape index (κ1) is 48.1. The molecular weight excluding hydrogens is 731 g/mol. The van der Waals surface area contributed by atoms with Gasteiger partial charge in [-0.2, -0.15) is 0 Å². The third kappa shape index (κ3) is 9.17. The Morgan fingerprint density at radius 3 is 1.82 bits per heavy atom. The summed E-state index contributed by atoms with van der Waals surface area (Å²) in [5.41, 5.74) is 3.32. The maximum Gasteiger partial charge on any atom is 0.335 e. The second-order valence-corrected chi connectivity index (χ2v) is 19.2. The van der Waals surface area contributed by atoms with Crippen molar-refractivity contribution in [3.8, 4) is 0 Å². The number of allylic oxidation sites excluding steroid dienone is 3. The number of fused-ring (bicyclic) bond motifs is 7. The smallest absolute Gasteiger partial charge is 0.335 e. The van der Waals surface area contributed by atoms with Crippen molar-refractivity contribution in [3.05, 3.63) is 84.0 Å². The number of carboxylic acid groups (broad SMARTS) is 2. The number of benzene rings is 2. The van der Waals surface area contributed by atoms with Gasteiger partial charge in [0.2, 0.25) is 10.0 Å². The van der Waals surface area contributed by atoms with Gasteiger partial charge in [0.1, 0.15) is 0 Å². The van der Waals surface area contributed by atoms with Crippen LogP contribution in [0.15, 0.2) is 72.2 Å². The molecule has 7 unspecified atom stereocenters. The lowest BCUT2D eigenvalue weighted by Gasteiger charge is -2.68. The van der Waals surface area contributed by atoms with Gasteiger partial charge >= 0.3 is 11.9 Å². The average Bonchev–Trinajstić information content (AvgIpc) is 3.65. The average molecular weight is 806 g/mol. The molecule has 0 heterocycles. The number of aromatic carboxylic acids is 2. The standard InChI is InChI=1S/C40H51NO6S.C3H6.3C2H6/c1-37(2)30(25-7-9-26(10-8-25)35(42)43)17-21-39(4)33(37)19-22-38(3)31-18-23-40(20-5-6-32(40)29(31)15-16-34(38)39)24-41-48(46,47)28-13-11-27(12-14-28)36(44)45;1-3-2;3*1-2/h7-14,17,29,31-34,41H,5-6,15-16,18-24H2,1-4H3,(H,42,43)(H,44,45);3H,1H2,2H3;3*1-2H3/t29?,31?,32-,33?,34?,38?,39?,40?;;;;/m1..../s1. The molecule has 7 nitrogen and oxygen atoms in total. The van der Waals surface area contributed by atoms with Crippen LogP contribution in [0, 0.1) is 51.2 Å². The zero-order valence-electron chi connectivity index (χ0n) is 37.1. The normalized spacial score (nSPS) is 31.6. The van der Waals surface area contributed by atoms with Crippen molar-refractivity contribution in [2.24, 2.45) is 51.2 Å². The van der Waals surface area contributed by atoms with E-state index >= 15 is 0 Å². The van der Waals surface area contributed by atoms with Crippen molar-refractivity contribution in [2.75, 3.05) is 6.54 Å². The minimum atomic E-state index is -3.74. The second-order valence-electron chi connectivity index (χ2n) is 17.4. The van der Waals surface area contributed by atoms with Crippen molar-refractivity contribution < 1.29 is 28.2 Å². The summed E-state index contributed by atoms with van der Waals surface area (Å²) < 4.78 is 29.7. The predicted octanol–water partition coefficient (Wildman–Crippen LogP) is 12.8. The predicted molar refractivity (Wildman–Crippen MR) is 236 cm³/mol. The van der Waals surface area contributed by atoms with E-state index in [1.807, 2.05) is 60.6 Å². The van der Waals surface area contributed by atoms with Crippen LogP contribution in [0.2, 0.25) is 0 Å². The zero-order valence-corrected chi connectivity index (χ0v) is 37.9.